The maximum absolute atomic E-state index is 11.2. The van der Waals surface area contributed by atoms with E-state index in [1.54, 1.807) is 0 Å². The van der Waals surface area contributed by atoms with Crippen LogP contribution in [0.4, 0.5) is 0 Å². The molecule has 0 aromatic rings. The first-order valence-electron chi connectivity index (χ1n) is 4.14. The van der Waals surface area contributed by atoms with Crippen LogP contribution in [0.15, 0.2) is 12.2 Å². The third kappa shape index (κ3) is 1.16. The van der Waals surface area contributed by atoms with Crippen LogP contribution in [0, 0.1) is 0 Å². The van der Waals surface area contributed by atoms with Gasteiger partial charge in [0.25, 0.3) is 0 Å². The molecule has 0 saturated carbocycles. The van der Waals surface area contributed by atoms with Gasteiger partial charge in [0.05, 0.1) is 24.8 Å². The molecule has 0 spiro atoms. The first-order valence-corrected chi connectivity index (χ1v) is 4.14. The number of carbonyl (C=O) groups excluding carboxylic acids is 1. The van der Waals surface area contributed by atoms with E-state index in [0.717, 1.165) is 0 Å². The molecule has 0 bridgehead atoms. The SMILES string of the molecule is O=C1C=C[C@H](O)[C@@H]2[C@H](O)[C@H](O)CN12. The van der Waals surface area contributed by atoms with Gasteiger partial charge in [0.2, 0.25) is 5.91 Å². The van der Waals surface area contributed by atoms with E-state index in [0.29, 0.717) is 0 Å². The minimum Gasteiger partial charge on any atom is -0.388 e. The van der Waals surface area contributed by atoms with E-state index >= 15 is 0 Å². The highest BCUT2D eigenvalue weighted by atomic mass is 16.3. The molecule has 72 valence electrons. The van der Waals surface area contributed by atoms with Gasteiger partial charge in [-0.1, -0.05) is 0 Å². The zero-order valence-electron chi connectivity index (χ0n) is 6.87. The van der Waals surface area contributed by atoms with Gasteiger partial charge in [-0.05, 0) is 6.08 Å². The third-order valence-electron chi connectivity index (χ3n) is 2.56. The maximum atomic E-state index is 11.2. The number of hydrogen-bond donors (Lipinski definition) is 3. The third-order valence-corrected chi connectivity index (χ3v) is 2.56. The Kier molecular flexibility index (Phi) is 1.87. The van der Waals surface area contributed by atoms with Crippen molar-refractivity contribution in [2.75, 3.05) is 6.54 Å². The molecule has 0 radical (unpaired) electrons. The largest absolute Gasteiger partial charge is 0.388 e. The van der Waals surface area contributed by atoms with Gasteiger partial charge in [-0.2, -0.15) is 0 Å². The Morgan fingerprint density at radius 1 is 1.38 bits per heavy atom. The summed E-state index contributed by atoms with van der Waals surface area (Å²) < 4.78 is 0. The molecule has 0 unspecified atom stereocenters. The first-order chi connectivity index (χ1) is 6.11. The molecule has 2 aliphatic rings. The van der Waals surface area contributed by atoms with Crippen molar-refractivity contribution in [2.24, 2.45) is 0 Å². The van der Waals surface area contributed by atoms with Crippen molar-refractivity contribution in [2.45, 2.75) is 24.4 Å². The van der Waals surface area contributed by atoms with Crippen molar-refractivity contribution in [3.63, 3.8) is 0 Å². The number of nitrogens with zero attached hydrogens (tertiary/aromatic N) is 1. The predicted molar refractivity (Wildman–Crippen MR) is 42.7 cm³/mol. The highest BCUT2D eigenvalue weighted by Gasteiger charge is 2.46. The van der Waals surface area contributed by atoms with Crippen LogP contribution >= 0.6 is 0 Å². The molecule has 0 aliphatic carbocycles. The van der Waals surface area contributed by atoms with Crippen LogP contribution in [0.25, 0.3) is 0 Å². The number of fused-ring (bicyclic) bond motifs is 1. The Morgan fingerprint density at radius 2 is 2.08 bits per heavy atom. The van der Waals surface area contributed by atoms with E-state index in [-0.39, 0.29) is 12.5 Å². The highest BCUT2D eigenvalue weighted by Crippen LogP contribution is 2.25. The van der Waals surface area contributed by atoms with Gasteiger partial charge in [0.15, 0.2) is 0 Å². The van der Waals surface area contributed by atoms with Gasteiger partial charge >= 0.3 is 0 Å². The number of carbonyl (C=O) groups is 1. The van der Waals surface area contributed by atoms with Gasteiger partial charge < -0.3 is 20.2 Å². The van der Waals surface area contributed by atoms with Gasteiger partial charge in [0.1, 0.15) is 6.10 Å². The lowest BCUT2D eigenvalue weighted by molar-refractivity contribution is -0.131. The molecular formula is C8H11NO4. The van der Waals surface area contributed by atoms with Crippen molar-refractivity contribution in [3.8, 4) is 0 Å². The lowest BCUT2D eigenvalue weighted by atomic mass is 10.0. The number of hydrogen-bond acceptors (Lipinski definition) is 4. The summed E-state index contributed by atoms with van der Waals surface area (Å²) in [6.07, 6.45) is -0.298. The summed E-state index contributed by atoms with van der Waals surface area (Å²) in [6, 6.07) is -0.688. The smallest absolute Gasteiger partial charge is 0.246 e. The first kappa shape index (κ1) is 8.68. The molecule has 2 aliphatic heterocycles. The van der Waals surface area contributed by atoms with E-state index in [1.165, 1.54) is 17.1 Å². The normalized spacial score (nSPS) is 43.9. The average Bonchev–Trinajstić information content (AvgIpc) is 2.38. The second-order valence-electron chi connectivity index (χ2n) is 3.39. The number of rotatable bonds is 0. The average molecular weight is 185 g/mol. The summed E-state index contributed by atoms with van der Waals surface area (Å²) in [5.41, 5.74) is 0. The lowest BCUT2D eigenvalue weighted by Gasteiger charge is -2.30. The molecule has 0 aromatic heterocycles. The number of amides is 1. The fraction of sp³-hybridized carbons (Fsp3) is 0.625. The van der Waals surface area contributed by atoms with Crippen LogP contribution in [0.1, 0.15) is 0 Å². The molecule has 4 atom stereocenters. The van der Waals surface area contributed by atoms with Crippen molar-refractivity contribution < 1.29 is 20.1 Å². The van der Waals surface area contributed by atoms with Crippen LogP contribution in [-0.2, 0) is 4.79 Å². The molecule has 1 amide bonds. The molecule has 3 N–H and O–H groups in total. The molecule has 13 heavy (non-hydrogen) atoms. The molecule has 2 heterocycles. The molecule has 5 heteroatoms. The van der Waals surface area contributed by atoms with E-state index < -0.39 is 24.4 Å². The van der Waals surface area contributed by atoms with Crippen molar-refractivity contribution >= 4 is 5.91 Å². The van der Waals surface area contributed by atoms with Crippen molar-refractivity contribution in [3.05, 3.63) is 12.2 Å². The zero-order chi connectivity index (χ0) is 9.59. The van der Waals surface area contributed by atoms with Crippen molar-refractivity contribution in [1.29, 1.82) is 0 Å². The predicted octanol–water partition coefficient (Wildman–Crippen LogP) is -2.15. The molecule has 5 nitrogen and oxygen atoms in total. The van der Waals surface area contributed by atoms with Crippen molar-refractivity contribution in [1.82, 2.24) is 4.90 Å². The monoisotopic (exact) mass is 185 g/mol. The summed E-state index contributed by atoms with van der Waals surface area (Å²) in [7, 11) is 0. The van der Waals surface area contributed by atoms with Crippen LogP contribution in [0.5, 0.6) is 0 Å². The second-order valence-corrected chi connectivity index (χ2v) is 3.39. The summed E-state index contributed by atoms with van der Waals surface area (Å²) in [6.45, 7) is 0.0894. The topological polar surface area (TPSA) is 81.0 Å². The standard InChI is InChI=1S/C8H11NO4/c10-4-1-2-6(12)9-3-5(11)8(13)7(4)9/h1-2,4-5,7-8,10-11,13H,3H2/t4-,5+,7+,8+/m0/s1. The Labute approximate surface area is 74.9 Å². The highest BCUT2D eigenvalue weighted by molar-refractivity contribution is 5.89. The molecular weight excluding hydrogens is 174 g/mol. The minimum absolute atomic E-state index is 0.0894. The van der Waals surface area contributed by atoms with Gasteiger partial charge in [-0.3, -0.25) is 4.79 Å². The van der Waals surface area contributed by atoms with Crippen LogP contribution in [0.2, 0.25) is 0 Å². The lowest BCUT2D eigenvalue weighted by Crippen LogP contribution is -2.49. The summed E-state index contributed by atoms with van der Waals surface area (Å²) in [5.74, 6) is -0.272. The number of aliphatic hydroxyl groups is 3. The zero-order valence-corrected chi connectivity index (χ0v) is 6.87. The summed E-state index contributed by atoms with van der Waals surface area (Å²) in [5, 5.41) is 28.2. The van der Waals surface area contributed by atoms with E-state index in [2.05, 4.69) is 0 Å². The fourth-order valence-corrected chi connectivity index (χ4v) is 1.86. The van der Waals surface area contributed by atoms with Gasteiger partial charge in [-0.25, -0.2) is 0 Å². The Morgan fingerprint density at radius 3 is 2.69 bits per heavy atom. The molecule has 2 rings (SSSR count). The second kappa shape index (κ2) is 2.80. The Hall–Kier alpha value is -0.910. The van der Waals surface area contributed by atoms with Crippen LogP contribution in [-0.4, -0.2) is 57.0 Å². The fourth-order valence-electron chi connectivity index (χ4n) is 1.86. The summed E-state index contributed by atoms with van der Waals surface area (Å²) >= 11 is 0. The Bertz CT molecular complexity index is 265. The van der Waals surface area contributed by atoms with E-state index in [1.807, 2.05) is 0 Å². The quantitative estimate of drug-likeness (QED) is 0.402. The maximum Gasteiger partial charge on any atom is 0.246 e. The molecule has 1 saturated heterocycles. The molecule has 0 aromatic carbocycles. The van der Waals surface area contributed by atoms with Crippen LogP contribution in [0.3, 0.4) is 0 Å². The summed E-state index contributed by atoms with van der Waals surface area (Å²) in [4.78, 5) is 12.5. The minimum atomic E-state index is -1.05. The molecule has 1 fully saturated rings. The number of aliphatic hydroxyl groups excluding tert-OH is 3. The Balaban J connectivity index is 2.29. The van der Waals surface area contributed by atoms with Gasteiger partial charge in [0, 0.05) is 6.08 Å². The van der Waals surface area contributed by atoms with Crippen LogP contribution < -0.4 is 0 Å². The van der Waals surface area contributed by atoms with E-state index in [4.69, 9.17) is 0 Å². The van der Waals surface area contributed by atoms with Gasteiger partial charge in [-0.15, -0.1) is 0 Å². The van der Waals surface area contributed by atoms with E-state index in [9.17, 15) is 20.1 Å².